The van der Waals surface area contributed by atoms with Gasteiger partial charge in [-0.25, -0.2) is 4.98 Å². The molecular weight excluding hydrogens is 442 g/mol. The Hall–Kier alpha value is -3.10. The summed E-state index contributed by atoms with van der Waals surface area (Å²) in [5.41, 5.74) is 4.31. The van der Waals surface area contributed by atoms with Gasteiger partial charge in [0.1, 0.15) is 10.4 Å². The maximum absolute atomic E-state index is 12.9. The summed E-state index contributed by atoms with van der Waals surface area (Å²) in [5, 5.41) is 5.35. The highest BCUT2D eigenvalue weighted by atomic mass is 32.2. The minimum atomic E-state index is -0.194. The summed E-state index contributed by atoms with van der Waals surface area (Å²) in [6, 6.07) is 15.5. The normalized spacial score (nSPS) is 11.0. The van der Waals surface area contributed by atoms with Crippen LogP contribution in [0.3, 0.4) is 0 Å². The van der Waals surface area contributed by atoms with Crippen LogP contribution in [-0.2, 0) is 11.8 Å². The van der Waals surface area contributed by atoms with Gasteiger partial charge >= 0.3 is 0 Å². The number of carbonyl (C=O) groups excluding carboxylic acids is 1. The summed E-state index contributed by atoms with van der Waals surface area (Å²) < 4.78 is 7.68. The number of thioether (sulfide) groups is 1. The van der Waals surface area contributed by atoms with E-state index in [0.717, 1.165) is 11.1 Å². The monoisotopic (exact) mass is 465 g/mol. The van der Waals surface area contributed by atoms with E-state index in [9.17, 15) is 9.59 Å². The molecule has 0 aliphatic heterocycles. The Kier molecular flexibility index (Phi) is 6.62. The lowest BCUT2D eigenvalue weighted by molar-refractivity contribution is -0.113. The first-order chi connectivity index (χ1) is 15.5. The SMILES string of the molecule is CCOc1ccccc1NC(=O)CSc1nc2c(-c3ccc(C)cc3)csc2c(=O)n1C. The van der Waals surface area contributed by atoms with E-state index in [2.05, 4.69) is 5.32 Å². The fourth-order valence-corrected chi connectivity index (χ4v) is 5.01. The molecule has 0 bridgehead atoms. The van der Waals surface area contributed by atoms with Crippen LogP contribution in [0.15, 0.2) is 63.9 Å². The summed E-state index contributed by atoms with van der Waals surface area (Å²) in [6.07, 6.45) is 0. The highest BCUT2D eigenvalue weighted by Crippen LogP contribution is 2.32. The molecular formula is C24H23N3O3S2. The van der Waals surface area contributed by atoms with E-state index in [-0.39, 0.29) is 17.2 Å². The highest BCUT2D eigenvalue weighted by Gasteiger charge is 2.16. The van der Waals surface area contributed by atoms with E-state index in [0.29, 0.717) is 33.4 Å². The zero-order chi connectivity index (χ0) is 22.7. The second-order valence-electron chi connectivity index (χ2n) is 7.22. The van der Waals surface area contributed by atoms with E-state index in [4.69, 9.17) is 9.72 Å². The van der Waals surface area contributed by atoms with E-state index >= 15 is 0 Å². The summed E-state index contributed by atoms with van der Waals surface area (Å²) in [5.74, 6) is 0.554. The molecule has 0 unspecified atom stereocenters. The molecule has 164 valence electrons. The number of benzene rings is 2. The van der Waals surface area contributed by atoms with Crippen LogP contribution >= 0.6 is 23.1 Å². The Bertz CT molecular complexity index is 1330. The van der Waals surface area contributed by atoms with Crippen molar-refractivity contribution < 1.29 is 9.53 Å². The summed E-state index contributed by atoms with van der Waals surface area (Å²) in [4.78, 5) is 30.2. The zero-order valence-corrected chi connectivity index (χ0v) is 19.7. The second-order valence-corrected chi connectivity index (χ2v) is 9.04. The first-order valence-corrected chi connectivity index (χ1v) is 12.0. The molecule has 2 aromatic heterocycles. The number of anilines is 1. The minimum Gasteiger partial charge on any atom is -0.492 e. The third-order valence-corrected chi connectivity index (χ3v) is 6.90. The number of nitrogens with zero attached hydrogens (tertiary/aromatic N) is 2. The number of aryl methyl sites for hydroxylation is 1. The Balaban J connectivity index is 1.57. The molecule has 4 aromatic rings. The van der Waals surface area contributed by atoms with E-state index in [1.807, 2.05) is 61.7 Å². The lowest BCUT2D eigenvalue weighted by Gasteiger charge is -2.11. The van der Waals surface area contributed by atoms with E-state index in [1.54, 1.807) is 13.1 Å². The Labute approximate surface area is 194 Å². The molecule has 0 fully saturated rings. The van der Waals surface area contributed by atoms with Crippen molar-refractivity contribution in [3.8, 4) is 16.9 Å². The van der Waals surface area contributed by atoms with Crippen LogP contribution in [0.5, 0.6) is 5.75 Å². The highest BCUT2D eigenvalue weighted by molar-refractivity contribution is 7.99. The summed E-state index contributed by atoms with van der Waals surface area (Å²) >= 11 is 2.63. The number of amides is 1. The Morgan fingerprint density at radius 3 is 2.69 bits per heavy atom. The van der Waals surface area contributed by atoms with Gasteiger partial charge in [0.2, 0.25) is 5.91 Å². The van der Waals surface area contributed by atoms with Crippen molar-refractivity contribution in [3.05, 3.63) is 69.8 Å². The fourth-order valence-electron chi connectivity index (χ4n) is 3.26. The average Bonchev–Trinajstić information content (AvgIpc) is 3.21. The number of aromatic nitrogens is 2. The van der Waals surface area contributed by atoms with Gasteiger partial charge < -0.3 is 10.1 Å². The van der Waals surface area contributed by atoms with Gasteiger partial charge in [0, 0.05) is 18.0 Å². The number of thiophene rings is 1. The van der Waals surface area contributed by atoms with E-state index < -0.39 is 0 Å². The van der Waals surface area contributed by atoms with Crippen LogP contribution in [0.25, 0.3) is 21.3 Å². The smallest absolute Gasteiger partial charge is 0.271 e. The zero-order valence-electron chi connectivity index (χ0n) is 18.0. The van der Waals surface area contributed by atoms with Gasteiger partial charge in [-0.1, -0.05) is 53.7 Å². The number of para-hydroxylation sites is 2. The number of fused-ring (bicyclic) bond motifs is 1. The van der Waals surface area contributed by atoms with Gasteiger partial charge in [0.05, 0.1) is 23.6 Å². The van der Waals surface area contributed by atoms with Crippen molar-refractivity contribution in [2.45, 2.75) is 19.0 Å². The molecule has 2 aromatic carbocycles. The molecule has 1 N–H and O–H groups in total. The number of nitrogens with one attached hydrogen (secondary N) is 1. The first-order valence-electron chi connectivity index (χ1n) is 10.2. The largest absolute Gasteiger partial charge is 0.492 e. The Morgan fingerprint density at radius 1 is 1.19 bits per heavy atom. The molecule has 32 heavy (non-hydrogen) atoms. The predicted molar refractivity (Wildman–Crippen MR) is 132 cm³/mol. The van der Waals surface area contributed by atoms with Crippen molar-refractivity contribution in [1.29, 1.82) is 0 Å². The molecule has 6 nitrogen and oxygen atoms in total. The van der Waals surface area contributed by atoms with Gasteiger partial charge in [-0.2, -0.15) is 0 Å². The lowest BCUT2D eigenvalue weighted by atomic mass is 10.1. The third kappa shape index (κ3) is 4.56. The predicted octanol–water partition coefficient (Wildman–Crippen LogP) is 5.10. The molecule has 8 heteroatoms. The lowest BCUT2D eigenvalue weighted by Crippen LogP contribution is -2.21. The number of carbonyl (C=O) groups is 1. The van der Waals surface area contributed by atoms with Crippen LogP contribution in [0.1, 0.15) is 12.5 Å². The molecule has 0 saturated carbocycles. The topological polar surface area (TPSA) is 73.2 Å². The number of ether oxygens (including phenoxy) is 1. The van der Waals surface area contributed by atoms with Gasteiger partial charge in [0.15, 0.2) is 5.16 Å². The molecule has 2 heterocycles. The average molecular weight is 466 g/mol. The molecule has 0 atom stereocenters. The third-order valence-electron chi connectivity index (χ3n) is 4.91. The standard InChI is InChI=1S/C24H23N3O3S2/c1-4-30-19-8-6-5-7-18(19)25-20(28)14-32-24-26-21-17(16-11-9-15(2)10-12-16)13-31-22(21)23(29)27(24)3/h5-13H,4,14H2,1-3H3,(H,25,28). The molecule has 4 rings (SSSR count). The van der Waals surface area contributed by atoms with Crippen molar-refractivity contribution in [2.75, 3.05) is 17.7 Å². The van der Waals surface area contributed by atoms with Crippen molar-refractivity contribution in [1.82, 2.24) is 9.55 Å². The first kappa shape index (κ1) is 22.1. The maximum atomic E-state index is 12.9. The van der Waals surface area contributed by atoms with Gasteiger partial charge in [-0.15, -0.1) is 11.3 Å². The Morgan fingerprint density at radius 2 is 1.94 bits per heavy atom. The molecule has 0 aliphatic rings. The van der Waals surface area contributed by atoms with Gasteiger partial charge in [-0.3, -0.25) is 14.2 Å². The van der Waals surface area contributed by atoms with Crippen LogP contribution in [0.2, 0.25) is 0 Å². The van der Waals surface area contributed by atoms with Crippen LogP contribution in [0, 0.1) is 6.92 Å². The second kappa shape index (κ2) is 9.58. The minimum absolute atomic E-state index is 0.108. The van der Waals surface area contributed by atoms with E-state index in [1.165, 1.54) is 33.2 Å². The quantitative estimate of drug-likeness (QED) is 0.304. The van der Waals surface area contributed by atoms with Crippen LogP contribution < -0.4 is 15.6 Å². The van der Waals surface area contributed by atoms with Gasteiger partial charge in [0.25, 0.3) is 5.56 Å². The van der Waals surface area contributed by atoms with Crippen LogP contribution in [0.4, 0.5) is 5.69 Å². The molecule has 0 spiro atoms. The molecule has 0 radical (unpaired) electrons. The fraction of sp³-hybridized carbons (Fsp3) is 0.208. The molecule has 1 amide bonds. The molecule has 0 saturated heterocycles. The van der Waals surface area contributed by atoms with Crippen molar-refractivity contribution in [3.63, 3.8) is 0 Å². The van der Waals surface area contributed by atoms with Crippen LogP contribution in [-0.4, -0.2) is 27.8 Å². The number of hydrogen-bond acceptors (Lipinski definition) is 6. The summed E-state index contributed by atoms with van der Waals surface area (Å²) in [7, 11) is 1.69. The number of rotatable bonds is 7. The van der Waals surface area contributed by atoms with Crippen molar-refractivity contribution >= 4 is 44.9 Å². The maximum Gasteiger partial charge on any atom is 0.271 e. The van der Waals surface area contributed by atoms with Crippen molar-refractivity contribution in [2.24, 2.45) is 7.05 Å². The van der Waals surface area contributed by atoms with Gasteiger partial charge in [-0.05, 0) is 31.5 Å². The summed E-state index contributed by atoms with van der Waals surface area (Å²) in [6.45, 7) is 4.44. The molecule has 0 aliphatic carbocycles. The number of hydrogen-bond donors (Lipinski definition) is 1.